The van der Waals surface area contributed by atoms with Crippen LogP contribution in [0.3, 0.4) is 0 Å². The van der Waals surface area contributed by atoms with Crippen LogP contribution in [0.4, 0.5) is 0 Å². The number of hydrogen-bond acceptors (Lipinski definition) is 4. The van der Waals surface area contributed by atoms with E-state index in [9.17, 15) is 0 Å². The zero-order valence-corrected chi connectivity index (χ0v) is 13.5. The van der Waals surface area contributed by atoms with Crippen LogP contribution in [0, 0.1) is 0 Å². The van der Waals surface area contributed by atoms with Crippen molar-refractivity contribution in [3.05, 3.63) is 46.7 Å². The summed E-state index contributed by atoms with van der Waals surface area (Å²) < 4.78 is 2.87. The van der Waals surface area contributed by atoms with E-state index in [1.807, 2.05) is 28.9 Å². The lowest BCUT2D eigenvalue weighted by atomic mass is 10.1. The number of aromatic nitrogens is 4. The van der Waals surface area contributed by atoms with Crippen LogP contribution in [0.15, 0.2) is 40.9 Å². The SMILES string of the molecule is CCNC(C)c1nnnn1-c1ccc(Br)c2ccccc12. The summed E-state index contributed by atoms with van der Waals surface area (Å²) in [7, 11) is 0. The predicted molar refractivity (Wildman–Crippen MR) is 86.5 cm³/mol. The Bertz CT molecular complexity index is 768. The highest BCUT2D eigenvalue weighted by Crippen LogP contribution is 2.29. The van der Waals surface area contributed by atoms with Gasteiger partial charge in [0, 0.05) is 9.86 Å². The van der Waals surface area contributed by atoms with Gasteiger partial charge in [0.1, 0.15) is 0 Å². The lowest BCUT2D eigenvalue weighted by Crippen LogP contribution is -2.21. The molecule has 108 valence electrons. The largest absolute Gasteiger partial charge is 0.308 e. The van der Waals surface area contributed by atoms with Gasteiger partial charge in [0.2, 0.25) is 0 Å². The van der Waals surface area contributed by atoms with Crippen LogP contribution in [-0.2, 0) is 0 Å². The topological polar surface area (TPSA) is 55.6 Å². The average Bonchev–Trinajstić information content (AvgIpc) is 2.97. The maximum absolute atomic E-state index is 4.17. The molecular weight excluding hydrogens is 330 g/mol. The van der Waals surface area contributed by atoms with Crippen LogP contribution < -0.4 is 5.32 Å². The van der Waals surface area contributed by atoms with Crippen molar-refractivity contribution in [1.82, 2.24) is 25.5 Å². The van der Waals surface area contributed by atoms with Crippen LogP contribution in [0.2, 0.25) is 0 Å². The summed E-state index contributed by atoms with van der Waals surface area (Å²) in [5, 5.41) is 17.8. The van der Waals surface area contributed by atoms with Crippen molar-refractivity contribution in [2.75, 3.05) is 6.54 Å². The first-order valence-electron chi connectivity index (χ1n) is 6.91. The van der Waals surface area contributed by atoms with Crippen molar-refractivity contribution in [1.29, 1.82) is 0 Å². The fourth-order valence-electron chi connectivity index (χ4n) is 2.46. The summed E-state index contributed by atoms with van der Waals surface area (Å²) in [5.41, 5.74) is 0.985. The highest BCUT2D eigenvalue weighted by molar-refractivity contribution is 9.10. The third-order valence-corrected chi connectivity index (χ3v) is 4.16. The molecule has 21 heavy (non-hydrogen) atoms. The maximum atomic E-state index is 4.17. The molecule has 0 fully saturated rings. The summed E-state index contributed by atoms with van der Waals surface area (Å²) in [5.74, 6) is 0.810. The van der Waals surface area contributed by atoms with Crippen molar-refractivity contribution in [2.45, 2.75) is 19.9 Å². The van der Waals surface area contributed by atoms with Crippen LogP contribution >= 0.6 is 15.9 Å². The second-order valence-electron chi connectivity index (χ2n) is 4.84. The molecule has 0 aliphatic rings. The van der Waals surface area contributed by atoms with Gasteiger partial charge in [0.15, 0.2) is 5.82 Å². The zero-order chi connectivity index (χ0) is 14.8. The van der Waals surface area contributed by atoms with Gasteiger partial charge in [-0.2, -0.15) is 4.68 Å². The van der Waals surface area contributed by atoms with Gasteiger partial charge in [-0.1, -0.05) is 47.1 Å². The van der Waals surface area contributed by atoms with Gasteiger partial charge in [-0.25, -0.2) is 0 Å². The minimum Gasteiger partial charge on any atom is -0.308 e. The van der Waals surface area contributed by atoms with Crippen LogP contribution in [0.1, 0.15) is 25.7 Å². The minimum absolute atomic E-state index is 0.0902. The van der Waals surface area contributed by atoms with Gasteiger partial charge in [0.05, 0.1) is 11.7 Å². The molecule has 0 radical (unpaired) electrons. The van der Waals surface area contributed by atoms with Crippen molar-refractivity contribution in [3.63, 3.8) is 0 Å². The molecule has 0 spiro atoms. The highest BCUT2D eigenvalue weighted by Gasteiger charge is 2.16. The van der Waals surface area contributed by atoms with E-state index in [4.69, 9.17) is 0 Å². The van der Waals surface area contributed by atoms with Crippen LogP contribution in [0.25, 0.3) is 16.5 Å². The smallest absolute Gasteiger partial charge is 0.173 e. The summed E-state index contributed by atoms with van der Waals surface area (Å²) in [6.45, 7) is 5.00. The van der Waals surface area contributed by atoms with E-state index in [1.165, 1.54) is 0 Å². The standard InChI is InChI=1S/C15H16BrN5/c1-3-17-10(2)15-18-19-20-21(15)14-9-8-13(16)11-6-4-5-7-12(11)14/h4-10,17H,3H2,1-2H3. The molecule has 1 atom stereocenters. The van der Waals surface area contributed by atoms with Crippen molar-refractivity contribution in [2.24, 2.45) is 0 Å². The van der Waals surface area contributed by atoms with E-state index >= 15 is 0 Å². The summed E-state index contributed by atoms with van der Waals surface area (Å²) >= 11 is 3.59. The van der Waals surface area contributed by atoms with Gasteiger partial charge < -0.3 is 5.32 Å². The summed E-state index contributed by atoms with van der Waals surface area (Å²) in [6, 6.07) is 12.4. The van der Waals surface area contributed by atoms with E-state index in [2.05, 4.69) is 62.8 Å². The average molecular weight is 346 g/mol. The Kier molecular flexibility index (Phi) is 3.98. The van der Waals surface area contributed by atoms with Gasteiger partial charge >= 0.3 is 0 Å². The molecule has 0 amide bonds. The quantitative estimate of drug-likeness (QED) is 0.788. The molecule has 1 unspecified atom stereocenters. The number of benzene rings is 2. The number of nitrogens with zero attached hydrogens (tertiary/aromatic N) is 4. The van der Waals surface area contributed by atoms with E-state index < -0.39 is 0 Å². The van der Waals surface area contributed by atoms with E-state index in [0.29, 0.717) is 0 Å². The molecule has 2 aromatic carbocycles. The number of tetrazole rings is 1. The van der Waals surface area contributed by atoms with E-state index in [-0.39, 0.29) is 6.04 Å². The van der Waals surface area contributed by atoms with Crippen molar-refractivity contribution >= 4 is 26.7 Å². The van der Waals surface area contributed by atoms with Gasteiger partial charge in [0.25, 0.3) is 0 Å². The Morgan fingerprint density at radius 3 is 2.71 bits per heavy atom. The molecule has 0 saturated carbocycles. The molecule has 0 aliphatic carbocycles. The molecule has 5 nitrogen and oxygen atoms in total. The number of nitrogens with one attached hydrogen (secondary N) is 1. The Morgan fingerprint density at radius 2 is 1.95 bits per heavy atom. The van der Waals surface area contributed by atoms with Crippen molar-refractivity contribution in [3.8, 4) is 5.69 Å². The van der Waals surface area contributed by atoms with E-state index in [0.717, 1.165) is 33.3 Å². The van der Waals surface area contributed by atoms with Crippen molar-refractivity contribution < 1.29 is 0 Å². The monoisotopic (exact) mass is 345 g/mol. The molecule has 1 N–H and O–H groups in total. The number of fused-ring (bicyclic) bond motifs is 1. The maximum Gasteiger partial charge on any atom is 0.173 e. The molecule has 0 saturated heterocycles. The highest BCUT2D eigenvalue weighted by atomic mass is 79.9. The third kappa shape index (κ3) is 2.56. The zero-order valence-electron chi connectivity index (χ0n) is 11.9. The number of hydrogen-bond donors (Lipinski definition) is 1. The van der Waals surface area contributed by atoms with E-state index in [1.54, 1.807) is 0 Å². The van der Waals surface area contributed by atoms with Gasteiger partial charge in [-0.05, 0) is 41.4 Å². The third-order valence-electron chi connectivity index (χ3n) is 3.47. The molecular formula is C15H16BrN5. The summed E-state index contributed by atoms with van der Waals surface area (Å²) in [4.78, 5) is 0. The molecule has 0 bridgehead atoms. The fourth-order valence-corrected chi connectivity index (χ4v) is 2.94. The second kappa shape index (κ2) is 5.91. The molecule has 3 aromatic rings. The Labute approximate surface area is 131 Å². The summed E-state index contributed by atoms with van der Waals surface area (Å²) in [6.07, 6.45) is 0. The van der Waals surface area contributed by atoms with Gasteiger partial charge in [-0.15, -0.1) is 5.10 Å². The lowest BCUT2D eigenvalue weighted by Gasteiger charge is -2.14. The first kappa shape index (κ1) is 14.2. The normalized spacial score (nSPS) is 12.7. The predicted octanol–water partition coefficient (Wildman–Crippen LogP) is 3.25. The molecule has 1 aromatic heterocycles. The Hall–Kier alpha value is -1.79. The van der Waals surface area contributed by atoms with Crippen LogP contribution in [-0.4, -0.2) is 26.8 Å². The molecule has 1 heterocycles. The van der Waals surface area contributed by atoms with Gasteiger partial charge in [-0.3, -0.25) is 0 Å². The molecule has 0 aliphatic heterocycles. The lowest BCUT2D eigenvalue weighted by molar-refractivity contribution is 0.551. The Balaban J connectivity index is 2.18. The fraction of sp³-hybridized carbons (Fsp3) is 0.267. The number of halogens is 1. The first-order valence-corrected chi connectivity index (χ1v) is 7.71. The number of rotatable bonds is 4. The Morgan fingerprint density at radius 1 is 1.19 bits per heavy atom. The van der Waals surface area contributed by atoms with Crippen LogP contribution in [0.5, 0.6) is 0 Å². The second-order valence-corrected chi connectivity index (χ2v) is 5.69. The molecule has 3 rings (SSSR count). The molecule has 6 heteroatoms. The minimum atomic E-state index is 0.0902. The first-order chi connectivity index (χ1) is 10.2.